The van der Waals surface area contributed by atoms with Crippen molar-refractivity contribution in [3.05, 3.63) is 39.9 Å². The summed E-state index contributed by atoms with van der Waals surface area (Å²) in [4.78, 5) is 11.3. The van der Waals surface area contributed by atoms with Crippen molar-refractivity contribution in [1.82, 2.24) is 5.32 Å². The van der Waals surface area contributed by atoms with Crippen molar-refractivity contribution >= 4 is 35.2 Å². The van der Waals surface area contributed by atoms with Crippen molar-refractivity contribution in [2.45, 2.75) is 12.5 Å². The fraction of sp³-hybridized carbons (Fsp3) is 0.250. The van der Waals surface area contributed by atoms with Gasteiger partial charge in [0.25, 0.3) is 6.43 Å². The van der Waals surface area contributed by atoms with Gasteiger partial charge in [0.05, 0.1) is 0 Å². The second-order valence-electron chi connectivity index (χ2n) is 3.65. The maximum Gasteiger partial charge on any atom is 0.265 e. The first-order valence-electron chi connectivity index (χ1n) is 5.27. The zero-order chi connectivity index (χ0) is 14.4. The van der Waals surface area contributed by atoms with E-state index in [-0.39, 0.29) is 0 Å². The number of benzene rings is 1. The predicted molar refractivity (Wildman–Crippen MR) is 70.5 cm³/mol. The molecular weight excluding hydrogens is 299 g/mol. The number of hydrogen-bond acceptors (Lipinski definition) is 2. The molecule has 1 rings (SSSR count). The molecule has 19 heavy (non-hydrogen) atoms. The first kappa shape index (κ1) is 15.9. The molecule has 0 heterocycles. The van der Waals surface area contributed by atoms with Crippen LogP contribution in [0.4, 0.5) is 8.78 Å². The van der Waals surface area contributed by atoms with E-state index in [1.54, 1.807) is 18.2 Å². The number of halogens is 4. The second-order valence-corrected chi connectivity index (χ2v) is 4.49. The van der Waals surface area contributed by atoms with Gasteiger partial charge in [-0.3, -0.25) is 4.79 Å². The average molecular weight is 310 g/mol. The lowest BCUT2D eigenvalue weighted by Crippen LogP contribution is -2.34. The zero-order valence-electron chi connectivity index (χ0n) is 9.62. The van der Waals surface area contributed by atoms with Crippen LogP contribution in [-0.4, -0.2) is 30.1 Å². The number of nitrogens with one attached hydrogen (secondary N) is 1. The summed E-state index contributed by atoms with van der Waals surface area (Å²) in [6.45, 7) is -0.524. The number of alkyl halides is 2. The van der Waals surface area contributed by atoms with Gasteiger partial charge in [0, 0.05) is 22.7 Å². The van der Waals surface area contributed by atoms with Crippen molar-refractivity contribution in [2.24, 2.45) is 0 Å². The van der Waals surface area contributed by atoms with Crippen LogP contribution in [0.5, 0.6) is 0 Å². The first-order chi connectivity index (χ1) is 8.90. The number of aliphatic hydroxyl groups excluding tert-OH is 1. The molecule has 0 spiro atoms. The van der Waals surface area contributed by atoms with E-state index >= 15 is 0 Å². The molecule has 0 aliphatic heterocycles. The highest BCUT2D eigenvalue weighted by atomic mass is 35.5. The molecule has 3 nitrogen and oxygen atoms in total. The van der Waals surface area contributed by atoms with Gasteiger partial charge in [0.2, 0.25) is 5.91 Å². The summed E-state index contributed by atoms with van der Waals surface area (Å²) < 4.78 is 24.0. The third kappa shape index (κ3) is 5.55. The molecule has 2 N–H and O–H groups in total. The fourth-order valence-corrected chi connectivity index (χ4v) is 1.52. The van der Waals surface area contributed by atoms with Gasteiger partial charge in [-0.05, 0) is 29.8 Å². The molecule has 0 aromatic heterocycles. The van der Waals surface area contributed by atoms with E-state index in [1.807, 2.05) is 0 Å². The summed E-state index contributed by atoms with van der Waals surface area (Å²) in [6.07, 6.45) is -2.26. The highest BCUT2D eigenvalue weighted by Crippen LogP contribution is 2.21. The molecule has 0 bridgehead atoms. The molecule has 1 amide bonds. The van der Waals surface area contributed by atoms with E-state index < -0.39 is 25.0 Å². The van der Waals surface area contributed by atoms with Gasteiger partial charge < -0.3 is 10.4 Å². The monoisotopic (exact) mass is 309 g/mol. The van der Waals surface area contributed by atoms with Crippen molar-refractivity contribution in [3.8, 4) is 0 Å². The highest BCUT2D eigenvalue weighted by Gasteiger charge is 2.16. The summed E-state index contributed by atoms with van der Waals surface area (Å²) in [6, 6.07) is 4.73. The van der Waals surface area contributed by atoms with Crippen LogP contribution >= 0.6 is 23.2 Å². The van der Waals surface area contributed by atoms with Gasteiger partial charge in [-0.1, -0.05) is 23.2 Å². The van der Waals surface area contributed by atoms with Gasteiger partial charge in [-0.2, -0.15) is 0 Å². The molecule has 0 fully saturated rings. The fourth-order valence-electron chi connectivity index (χ4n) is 1.16. The highest BCUT2D eigenvalue weighted by molar-refractivity contribution is 6.34. The standard InChI is InChI=1S/C12H11Cl2F2NO2/c13-8-2-3-9(14)7(5-8)1-4-11(19)17-6-10(18)12(15)16/h1-5,10,12,18H,6H2,(H,17,19)/b4-1+. The maximum atomic E-state index is 12.0. The topological polar surface area (TPSA) is 49.3 Å². The largest absolute Gasteiger partial charge is 0.385 e. The number of hydrogen-bond donors (Lipinski definition) is 2. The minimum absolute atomic E-state index is 0.404. The predicted octanol–water partition coefficient (Wildman–Crippen LogP) is 2.75. The number of rotatable bonds is 5. The molecule has 0 aliphatic carbocycles. The van der Waals surface area contributed by atoms with Gasteiger partial charge in [-0.25, -0.2) is 8.78 Å². The van der Waals surface area contributed by atoms with E-state index in [0.717, 1.165) is 6.08 Å². The van der Waals surface area contributed by atoms with Crippen molar-refractivity contribution in [3.63, 3.8) is 0 Å². The normalized spacial score (nSPS) is 12.9. The Hall–Kier alpha value is -1.17. The molecule has 0 saturated heterocycles. The minimum atomic E-state index is -2.90. The summed E-state index contributed by atoms with van der Waals surface area (Å²) >= 11 is 11.6. The number of carbonyl (C=O) groups is 1. The molecule has 7 heteroatoms. The molecule has 1 aromatic carbocycles. The Labute approximate surface area is 118 Å². The summed E-state index contributed by atoms with van der Waals surface area (Å²) in [5.74, 6) is -0.615. The Morgan fingerprint density at radius 3 is 2.74 bits per heavy atom. The second kappa shape index (κ2) is 7.43. The van der Waals surface area contributed by atoms with Crippen LogP contribution in [0.2, 0.25) is 10.0 Å². The molecular formula is C12H11Cl2F2NO2. The van der Waals surface area contributed by atoms with Gasteiger partial charge in [-0.15, -0.1) is 0 Å². The first-order valence-corrected chi connectivity index (χ1v) is 6.03. The maximum absolute atomic E-state index is 12.0. The third-order valence-electron chi connectivity index (χ3n) is 2.15. The Morgan fingerprint density at radius 1 is 1.42 bits per heavy atom. The van der Waals surface area contributed by atoms with Crippen LogP contribution in [0.15, 0.2) is 24.3 Å². The van der Waals surface area contributed by atoms with Gasteiger partial charge >= 0.3 is 0 Å². The molecule has 1 aromatic rings. The lowest BCUT2D eigenvalue weighted by molar-refractivity contribution is -0.117. The third-order valence-corrected chi connectivity index (χ3v) is 2.73. The summed E-state index contributed by atoms with van der Waals surface area (Å²) in [7, 11) is 0. The summed E-state index contributed by atoms with van der Waals surface area (Å²) in [5, 5.41) is 11.8. The quantitative estimate of drug-likeness (QED) is 0.822. The van der Waals surface area contributed by atoms with Crippen LogP contribution in [0.1, 0.15) is 5.56 Å². The van der Waals surface area contributed by atoms with Gasteiger partial charge in [0.15, 0.2) is 0 Å². The van der Waals surface area contributed by atoms with Crippen molar-refractivity contribution in [2.75, 3.05) is 6.54 Å². The number of aliphatic hydroxyl groups is 1. The zero-order valence-corrected chi connectivity index (χ0v) is 11.1. The molecule has 1 atom stereocenters. The van der Waals surface area contributed by atoms with Gasteiger partial charge in [0.1, 0.15) is 6.10 Å². The smallest absolute Gasteiger partial charge is 0.265 e. The van der Waals surface area contributed by atoms with E-state index in [4.69, 9.17) is 28.3 Å². The van der Waals surface area contributed by atoms with Crippen LogP contribution in [0.3, 0.4) is 0 Å². The minimum Gasteiger partial charge on any atom is -0.385 e. The SMILES string of the molecule is O=C(/C=C/c1cc(Cl)ccc1Cl)NCC(O)C(F)F. The van der Waals surface area contributed by atoms with E-state index in [9.17, 15) is 13.6 Å². The Balaban J connectivity index is 2.56. The molecule has 1 unspecified atom stereocenters. The lowest BCUT2D eigenvalue weighted by atomic mass is 10.2. The van der Waals surface area contributed by atoms with Crippen LogP contribution in [-0.2, 0) is 4.79 Å². The van der Waals surface area contributed by atoms with E-state index in [0.29, 0.717) is 15.6 Å². The Bertz CT molecular complexity index is 481. The van der Waals surface area contributed by atoms with Crippen LogP contribution in [0, 0.1) is 0 Å². The molecule has 0 aliphatic rings. The average Bonchev–Trinajstić information content (AvgIpc) is 2.36. The van der Waals surface area contributed by atoms with Crippen LogP contribution < -0.4 is 5.32 Å². The Morgan fingerprint density at radius 2 is 2.11 bits per heavy atom. The molecule has 0 radical (unpaired) electrons. The Kier molecular flexibility index (Phi) is 6.21. The number of amides is 1. The van der Waals surface area contributed by atoms with Crippen LogP contribution in [0.25, 0.3) is 6.08 Å². The molecule has 104 valence electrons. The number of carbonyl (C=O) groups excluding carboxylic acids is 1. The van der Waals surface area contributed by atoms with E-state index in [2.05, 4.69) is 5.32 Å². The van der Waals surface area contributed by atoms with Crippen molar-refractivity contribution in [1.29, 1.82) is 0 Å². The van der Waals surface area contributed by atoms with Crippen molar-refractivity contribution < 1.29 is 18.7 Å². The lowest BCUT2D eigenvalue weighted by Gasteiger charge is -2.08. The molecule has 0 saturated carbocycles. The summed E-state index contributed by atoms with van der Waals surface area (Å²) in [5.41, 5.74) is 0.527. The van der Waals surface area contributed by atoms with E-state index in [1.165, 1.54) is 6.08 Å².